The minimum absolute atomic E-state index is 0. The van der Waals surface area contributed by atoms with E-state index in [1.165, 1.54) is 12.1 Å². The Hall–Kier alpha value is -0.490. The van der Waals surface area contributed by atoms with Crippen LogP contribution in [-0.2, 0) is 25.1 Å². The second-order valence-corrected chi connectivity index (χ2v) is 7.32. The average Bonchev–Trinajstić information content (AvgIpc) is 2.32. The summed E-state index contributed by atoms with van der Waals surface area (Å²) in [4.78, 5) is 11.3. The van der Waals surface area contributed by atoms with Crippen LogP contribution in [0.1, 0.15) is 5.56 Å². The van der Waals surface area contributed by atoms with E-state index in [4.69, 9.17) is 0 Å². The maximum absolute atomic E-state index is 11.9. The van der Waals surface area contributed by atoms with Gasteiger partial charge in [0.05, 0.1) is 11.4 Å². The summed E-state index contributed by atoms with van der Waals surface area (Å²) < 4.78 is 57.9. The Balaban J connectivity index is 0.00000220. The van der Waals surface area contributed by atoms with E-state index in [1.807, 2.05) is 0 Å². The Morgan fingerprint density at radius 2 is 1.71 bits per heavy atom. The van der Waals surface area contributed by atoms with Gasteiger partial charge in [-0.2, -0.15) is 4.72 Å². The van der Waals surface area contributed by atoms with E-state index in [9.17, 15) is 26.2 Å². The number of nitrogens with zero attached hydrogens (tertiary/aromatic N) is 1. The molecule has 1 aromatic rings. The van der Waals surface area contributed by atoms with E-state index in [1.54, 1.807) is 19.1 Å². The summed E-state index contributed by atoms with van der Waals surface area (Å²) in [5, 5.41) is 0. The molecule has 1 aliphatic heterocycles. The van der Waals surface area contributed by atoms with E-state index in [0.717, 1.165) is 5.56 Å². The van der Waals surface area contributed by atoms with Crippen LogP contribution in [0.3, 0.4) is 0 Å². The van der Waals surface area contributed by atoms with Gasteiger partial charge in [-0.05, 0) is 19.1 Å². The van der Waals surface area contributed by atoms with Crippen molar-refractivity contribution < 1.29 is 55.7 Å². The van der Waals surface area contributed by atoms with Crippen molar-refractivity contribution in [2.75, 3.05) is 6.54 Å². The van der Waals surface area contributed by atoms with E-state index in [2.05, 4.69) is 4.72 Å². The number of hydrogen-bond acceptors (Lipinski definition) is 6. The Morgan fingerprint density at radius 3 is 2.14 bits per heavy atom. The van der Waals surface area contributed by atoms with Gasteiger partial charge in [-0.25, -0.2) is 21.1 Å². The fourth-order valence-corrected chi connectivity index (χ4v) is 3.52. The number of nitrogens with one attached hydrogen (secondary N) is 1. The molecule has 8 nitrogen and oxygen atoms in total. The molecule has 0 radical (unpaired) electrons. The third-order valence-corrected chi connectivity index (χ3v) is 5.15. The number of amides is 1. The summed E-state index contributed by atoms with van der Waals surface area (Å²) in [7, 11) is -8.81. The van der Waals surface area contributed by atoms with Gasteiger partial charge in [0.1, 0.15) is 6.04 Å². The number of aryl methyl sites for hydroxylation is 1. The maximum Gasteiger partial charge on any atom is 1.00 e. The number of rotatable bonds is 4. The fraction of sp³-hybridized carbons (Fsp3) is 0.300. The molecule has 2 rings (SSSR count). The smallest absolute Gasteiger partial charge is 0.731 e. The molecule has 11 heteroatoms. The third-order valence-electron chi connectivity index (χ3n) is 2.79. The Bertz CT molecular complexity index is 744. The van der Waals surface area contributed by atoms with Crippen LogP contribution >= 0.6 is 0 Å². The van der Waals surface area contributed by atoms with Crippen molar-refractivity contribution in [1.29, 1.82) is 0 Å². The molecule has 21 heavy (non-hydrogen) atoms. The quantitative estimate of drug-likeness (QED) is 0.337. The van der Waals surface area contributed by atoms with Gasteiger partial charge in [-0.1, -0.05) is 17.7 Å². The predicted molar refractivity (Wildman–Crippen MR) is 66.7 cm³/mol. The first-order chi connectivity index (χ1) is 9.11. The third kappa shape index (κ3) is 4.03. The van der Waals surface area contributed by atoms with Gasteiger partial charge >= 0.3 is 29.6 Å². The molecular weight excluding hydrogens is 331 g/mol. The van der Waals surface area contributed by atoms with E-state index in [-0.39, 0.29) is 38.8 Å². The summed E-state index contributed by atoms with van der Waals surface area (Å²) in [6.07, 6.45) is 0. The van der Waals surface area contributed by atoms with Gasteiger partial charge in [0.25, 0.3) is 5.91 Å². The van der Waals surface area contributed by atoms with Gasteiger partial charge in [0.15, 0.2) is 10.3 Å². The first kappa shape index (κ1) is 18.6. The number of sulfonamides is 1. The zero-order valence-corrected chi connectivity index (χ0v) is 14.9. The van der Waals surface area contributed by atoms with Crippen LogP contribution < -0.4 is 34.3 Å². The molecule has 0 spiro atoms. The van der Waals surface area contributed by atoms with Gasteiger partial charge in [-0.3, -0.25) is 4.79 Å². The molecule has 0 aromatic heterocycles. The standard InChI is InChI=1S/C10H12N2O6S2.Na/c1-7-2-4-8(5-3-7)19(14,15)11-9-6-12(10(9)13)20(16,17)18;/h2-5,9,11H,6H2,1H3,(H,16,17,18);/q;+1/p-1. The molecule has 110 valence electrons. The molecule has 1 unspecified atom stereocenters. The normalized spacial score (nSPS) is 18.9. The molecule has 1 heterocycles. The number of carbonyl (C=O) groups excluding carboxylic acids is 1. The molecule has 0 bridgehead atoms. The molecule has 1 atom stereocenters. The maximum atomic E-state index is 11.9. The molecule has 1 aromatic carbocycles. The average molecular weight is 342 g/mol. The number of hydrogen-bond donors (Lipinski definition) is 1. The van der Waals surface area contributed by atoms with Crippen LogP contribution in [0.5, 0.6) is 0 Å². The van der Waals surface area contributed by atoms with Gasteiger partial charge in [-0.15, -0.1) is 0 Å². The summed E-state index contributed by atoms with van der Waals surface area (Å²) >= 11 is 0. The van der Waals surface area contributed by atoms with Crippen LogP contribution in [0, 0.1) is 6.92 Å². The first-order valence-electron chi connectivity index (χ1n) is 5.48. The molecule has 0 aliphatic carbocycles. The van der Waals surface area contributed by atoms with Crippen molar-refractivity contribution in [1.82, 2.24) is 9.03 Å². The Morgan fingerprint density at radius 1 is 1.19 bits per heavy atom. The molecule has 1 aliphatic rings. The summed E-state index contributed by atoms with van der Waals surface area (Å²) in [6.45, 7) is 1.30. The van der Waals surface area contributed by atoms with Gasteiger partial charge in [0.2, 0.25) is 10.0 Å². The fourth-order valence-electron chi connectivity index (χ4n) is 1.66. The zero-order valence-electron chi connectivity index (χ0n) is 11.3. The summed E-state index contributed by atoms with van der Waals surface area (Å²) in [5.41, 5.74) is 0.868. The summed E-state index contributed by atoms with van der Waals surface area (Å²) in [6, 6.07) is 4.67. The molecular formula is C10H11N2NaO6S2. The minimum atomic E-state index is -4.88. The van der Waals surface area contributed by atoms with Crippen molar-refractivity contribution in [3.8, 4) is 0 Å². The van der Waals surface area contributed by atoms with E-state index < -0.39 is 38.8 Å². The second-order valence-electron chi connectivity index (χ2n) is 4.31. The topological polar surface area (TPSA) is 124 Å². The molecule has 1 fully saturated rings. The van der Waals surface area contributed by atoms with Crippen LogP contribution in [0.2, 0.25) is 0 Å². The van der Waals surface area contributed by atoms with E-state index >= 15 is 0 Å². The van der Waals surface area contributed by atoms with Crippen molar-refractivity contribution in [2.45, 2.75) is 17.9 Å². The number of benzene rings is 1. The largest absolute Gasteiger partial charge is 1.00 e. The molecule has 1 saturated heterocycles. The van der Waals surface area contributed by atoms with Crippen molar-refractivity contribution in [3.05, 3.63) is 29.8 Å². The second kappa shape index (κ2) is 6.32. The molecule has 1 amide bonds. The SMILES string of the molecule is Cc1ccc(S(=O)(=O)NC2CN(S(=O)(=O)[O-])C2=O)cc1.[Na+]. The Labute approximate surface area is 144 Å². The monoisotopic (exact) mass is 342 g/mol. The van der Waals surface area contributed by atoms with Crippen LogP contribution in [0.4, 0.5) is 0 Å². The van der Waals surface area contributed by atoms with Crippen LogP contribution in [0.15, 0.2) is 29.2 Å². The van der Waals surface area contributed by atoms with Gasteiger partial charge in [0, 0.05) is 0 Å². The molecule has 1 N–H and O–H groups in total. The van der Waals surface area contributed by atoms with Crippen molar-refractivity contribution in [3.63, 3.8) is 0 Å². The number of carbonyl (C=O) groups is 1. The predicted octanol–water partition coefficient (Wildman–Crippen LogP) is -4.05. The van der Waals surface area contributed by atoms with Gasteiger partial charge < -0.3 is 4.55 Å². The minimum Gasteiger partial charge on any atom is -0.731 e. The van der Waals surface area contributed by atoms with Crippen molar-refractivity contribution >= 4 is 26.2 Å². The van der Waals surface area contributed by atoms with E-state index in [0.29, 0.717) is 0 Å². The van der Waals surface area contributed by atoms with Crippen LogP contribution in [-0.4, -0.2) is 44.2 Å². The summed E-state index contributed by atoms with van der Waals surface area (Å²) in [5.74, 6) is -1.07. The number of β-lactam (4-membered cyclic amide) rings is 1. The first-order valence-corrected chi connectivity index (χ1v) is 8.32. The Kier molecular flexibility index (Phi) is 5.59. The molecule has 0 saturated carbocycles. The van der Waals surface area contributed by atoms with Crippen LogP contribution in [0.25, 0.3) is 0 Å². The zero-order chi connectivity index (χ0) is 15.1. The van der Waals surface area contributed by atoms with Crippen molar-refractivity contribution in [2.24, 2.45) is 0 Å².